The fraction of sp³-hybridized carbons (Fsp3) is 0.280. The van der Waals surface area contributed by atoms with E-state index in [0.717, 1.165) is 30.7 Å². The SMILES string of the molecule is CCCn1c(CCC(=O)NCCc2cccc3ccccc23)nc2cc(S(N)(=O)=O)ccc21. The van der Waals surface area contributed by atoms with E-state index in [9.17, 15) is 13.2 Å². The monoisotopic (exact) mass is 464 g/mol. The summed E-state index contributed by atoms with van der Waals surface area (Å²) < 4.78 is 25.4. The highest BCUT2D eigenvalue weighted by Crippen LogP contribution is 2.22. The molecule has 3 N–H and O–H groups in total. The Morgan fingerprint density at radius 2 is 1.85 bits per heavy atom. The van der Waals surface area contributed by atoms with E-state index < -0.39 is 10.0 Å². The van der Waals surface area contributed by atoms with Crippen molar-refractivity contribution >= 4 is 37.7 Å². The van der Waals surface area contributed by atoms with E-state index in [1.54, 1.807) is 6.07 Å². The molecular weight excluding hydrogens is 436 g/mol. The molecule has 1 amide bonds. The number of nitrogens with two attached hydrogens (primary N) is 1. The minimum Gasteiger partial charge on any atom is -0.356 e. The predicted molar refractivity (Wildman–Crippen MR) is 130 cm³/mol. The highest BCUT2D eigenvalue weighted by atomic mass is 32.2. The second kappa shape index (κ2) is 9.72. The van der Waals surface area contributed by atoms with E-state index in [1.165, 1.54) is 28.5 Å². The van der Waals surface area contributed by atoms with Crippen molar-refractivity contribution in [3.63, 3.8) is 0 Å². The largest absolute Gasteiger partial charge is 0.356 e. The van der Waals surface area contributed by atoms with Crippen LogP contribution in [0.4, 0.5) is 0 Å². The molecule has 0 aliphatic rings. The summed E-state index contributed by atoms with van der Waals surface area (Å²) in [5, 5.41) is 10.7. The van der Waals surface area contributed by atoms with Crippen LogP contribution >= 0.6 is 0 Å². The highest BCUT2D eigenvalue weighted by molar-refractivity contribution is 7.89. The average molecular weight is 465 g/mol. The number of amides is 1. The van der Waals surface area contributed by atoms with Crippen LogP contribution in [0.5, 0.6) is 0 Å². The zero-order chi connectivity index (χ0) is 23.4. The lowest BCUT2D eigenvalue weighted by atomic mass is 10.0. The van der Waals surface area contributed by atoms with Crippen LogP contribution < -0.4 is 10.5 Å². The maximum Gasteiger partial charge on any atom is 0.238 e. The second-order valence-corrected chi connectivity index (χ2v) is 9.67. The Kier molecular flexibility index (Phi) is 6.76. The molecule has 7 nitrogen and oxygen atoms in total. The topological polar surface area (TPSA) is 107 Å². The van der Waals surface area contributed by atoms with Crippen molar-refractivity contribution in [1.82, 2.24) is 14.9 Å². The molecule has 4 aromatic rings. The summed E-state index contributed by atoms with van der Waals surface area (Å²) in [6.07, 6.45) is 2.44. The van der Waals surface area contributed by atoms with E-state index >= 15 is 0 Å². The molecular formula is C25H28N4O3S. The minimum absolute atomic E-state index is 0.0319. The number of primary sulfonamides is 1. The third-order valence-corrected chi connectivity index (χ3v) is 6.66. The number of carbonyl (C=O) groups is 1. The van der Waals surface area contributed by atoms with Crippen LogP contribution in [0.25, 0.3) is 21.8 Å². The van der Waals surface area contributed by atoms with Crippen LogP contribution in [-0.2, 0) is 34.2 Å². The van der Waals surface area contributed by atoms with Crippen LogP contribution in [0, 0.1) is 0 Å². The molecule has 0 aliphatic heterocycles. The van der Waals surface area contributed by atoms with E-state index in [-0.39, 0.29) is 10.8 Å². The molecule has 0 atom stereocenters. The zero-order valence-electron chi connectivity index (χ0n) is 18.6. The molecule has 0 aliphatic carbocycles. The first kappa shape index (κ1) is 22.9. The van der Waals surface area contributed by atoms with Gasteiger partial charge >= 0.3 is 0 Å². The maximum atomic E-state index is 12.5. The maximum absolute atomic E-state index is 12.5. The zero-order valence-corrected chi connectivity index (χ0v) is 19.4. The van der Waals surface area contributed by atoms with E-state index in [0.29, 0.717) is 24.9 Å². The van der Waals surface area contributed by atoms with Gasteiger partial charge in [-0.05, 0) is 47.4 Å². The smallest absolute Gasteiger partial charge is 0.238 e. The van der Waals surface area contributed by atoms with Crippen molar-refractivity contribution in [2.45, 2.75) is 44.0 Å². The number of nitrogens with one attached hydrogen (secondary N) is 1. The fourth-order valence-electron chi connectivity index (χ4n) is 4.16. The molecule has 4 rings (SSSR count). The third-order valence-electron chi connectivity index (χ3n) is 5.75. The number of fused-ring (bicyclic) bond motifs is 2. The lowest BCUT2D eigenvalue weighted by molar-refractivity contribution is -0.121. The van der Waals surface area contributed by atoms with Gasteiger partial charge in [-0.25, -0.2) is 18.5 Å². The Labute approximate surface area is 193 Å². The molecule has 33 heavy (non-hydrogen) atoms. The van der Waals surface area contributed by atoms with Crippen molar-refractivity contribution in [3.8, 4) is 0 Å². The lowest BCUT2D eigenvalue weighted by Crippen LogP contribution is -2.26. The van der Waals surface area contributed by atoms with Gasteiger partial charge in [-0.15, -0.1) is 0 Å². The molecule has 8 heteroatoms. The van der Waals surface area contributed by atoms with Gasteiger partial charge in [-0.1, -0.05) is 49.4 Å². The van der Waals surface area contributed by atoms with Crippen LogP contribution in [-0.4, -0.2) is 30.4 Å². The summed E-state index contributed by atoms with van der Waals surface area (Å²) in [5.41, 5.74) is 2.63. The van der Waals surface area contributed by atoms with E-state index in [1.807, 2.05) is 22.8 Å². The van der Waals surface area contributed by atoms with Crippen molar-refractivity contribution in [2.75, 3.05) is 6.54 Å². The molecule has 3 aromatic carbocycles. The average Bonchev–Trinajstić information content (AvgIpc) is 3.14. The van der Waals surface area contributed by atoms with Crippen molar-refractivity contribution < 1.29 is 13.2 Å². The van der Waals surface area contributed by atoms with Gasteiger partial charge in [0.05, 0.1) is 15.9 Å². The predicted octanol–water partition coefficient (Wildman–Crippen LogP) is 3.54. The minimum atomic E-state index is -3.80. The number of rotatable bonds is 9. The van der Waals surface area contributed by atoms with Crippen LogP contribution in [0.1, 0.15) is 31.2 Å². The normalized spacial score (nSPS) is 11.8. The summed E-state index contributed by atoms with van der Waals surface area (Å²) in [7, 11) is -3.80. The standard InChI is InChI=1S/C25H28N4O3S/c1-2-16-29-23-11-10-20(33(26,31)32)17-22(23)28-24(29)12-13-25(30)27-15-14-19-8-5-7-18-6-3-4-9-21(18)19/h3-11,17H,2,12-16H2,1H3,(H,27,30)(H2,26,31,32). The molecule has 1 heterocycles. The van der Waals surface area contributed by atoms with Gasteiger partial charge in [0.25, 0.3) is 0 Å². The van der Waals surface area contributed by atoms with Gasteiger partial charge in [-0.3, -0.25) is 4.79 Å². The molecule has 0 fully saturated rings. The first-order valence-electron chi connectivity index (χ1n) is 11.1. The molecule has 172 valence electrons. The first-order chi connectivity index (χ1) is 15.9. The van der Waals surface area contributed by atoms with Crippen molar-refractivity contribution in [3.05, 3.63) is 72.1 Å². The van der Waals surface area contributed by atoms with Gasteiger partial charge in [0.2, 0.25) is 15.9 Å². The summed E-state index contributed by atoms with van der Waals surface area (Å²) in [4.78, 5) is 17.1. The number of imidazole rings is 1. The van der Waals surface area contributed by atoms with Crippen LogP contribution in [0.15, 0.2) is 65.6 Å². The third kappa shape index (κ3) is 5.23. The van der Waals surface area contributed by atoms with Gasteiger partial charge in [0, 0.05) is 25.9 Å². The fourth-order valence-corrected chi connectivity index (χ4v) is 4.69. The highest BCUT2D eigenvalue weighted by Gasteiger charge is 2.15. The van der Waals surface area contributed by atoms with Gasteiger partial charge in [0.1, 0.15) is 5.82 Å². The number of carbonyl (C=O) groups excluding carboxylic acids is 1. The molecule has 1 aromatic heterocycles. The van der Waals surface area contributed by atoms with Gasteiger partial charge in [-0.2, -0.15) is 0 Å². The summed E-state index contributed by atoms with van der Waals surface area (Å²) >= 11 is 0. The number of hydrogen-bond acceptors (Lipinski definition) is 4. The van der Waals surface area contributed by atoms with E-state index in [4.69, 9.17) is 5.14 Å². The van der Waals surface area contributed by atoms with Crippen molar-refractivity contribution in [2.24, 2.45) is 5.14 Å². The number of aromatic nitrogens is 2. The quantitative estimate of drug-likeness (QED) is 0.395. The van der Waals surface area contributed by atoms with Crippen LogP contribution in [0.2, 0.25) is 0 Å². The summed E-state index contributed by atoms with van der Waals surface area (Å²) in [5.74, 6) is 0.734. The first-order valence-corrected chi connectivity index (χ1v) is 12.7. The summed E-state index contributed by atoms with van der Waals surface area (Å²) in [6, 6.07) is 19.2. The number of nitrogens with zero attached hydrogens (tertiary/aromatic N) is 2. The van der Waals surface area contributed by atoms with Crippen molar-refractivity contribution in [1.29, 1.82) is 0 Å². The molecule has 0 saturated carbocycles. The Hall–Kier alpha value is -3.23. The Morgan fingerprint density at radius 1 is 1.06 bits per heavy atom. The van der Waals surface area contributed by atoms with E-state index in [2.05, 4.69) is 41.5 Å². The molecule has 0 bridgehead atoms. The van der Waals surface area contributed by atoms with Crippen LogP contribution in [0.3, 0.4) is 0 Å². The Morgan fingerprint density at radius 3 is 2.64 bits per heavy atom. The van der Waals surface area contributed by atoms with Gasteiger partial charge < -0.3 is 9.88 Å². The number of benzene rings is 3. The second-order valence-electron chi connectivity index (χ2n) is 8.11. The molecule has 0 saturated heterocycles. The molecule has 0 spiro atoms. The summed E-state index contributed by atoms with van der Waals surface area (Å²) in [6.45, 7) is 3.37. The number of aryl methyl sites for hydroxylation is 2. The number of hydrogen-bond donors (Lipinski definition) is 2. The number of sulfonamides is 1. The Balaban J connectivity index is 1.41. The van der Waals surface area contributed by atoms with Gasteiger partial charge in [0.15, 0.2) is 0 Å². The molecule has 0 unspecified atom stereocenters. The molecule has 0 radical (unpaired) electrons. The Bertz CT molecular complexity index is 1400. The lowest BCUT2D eigenvalue weighted by Gasteiger charge is -2.09.